The number of nitrogens with zero attached hydrogens (tertiary/aromatic N) is 2. The predicted molar refractivity (Wildman–Crippen MR) is 107 cm³/mol. The number of fused-ring (bicyclic) bond motifs is 2. The van der Waals surface area contributed by atoms with Crippen LogP contribution >= 0.6 is 23.1 Å². The Balaban J connectivity index is 1.47. The van der Waals surface area contributed by atoms with E-state index in [2.05, 4.69) is 21.4 Å². The molecule has 6 nitrogen and oxygen atoms in total. The van der Waals surface area contributed by atoms with Crippen molar-refractivity contribution in [2.45, 2.75) is 30.8 Å². The lowest BCUT2D eigenvalue weighted by atomic mass is 9.96. The molecule has 0 spiro atoms. The van der Waals surface area contributed by atoms with E-state index in [1.807, 2.05) is 6.07 Å². The highest BCUT2D eigenvalue weighted by Crippen LogP contribution is 2.37. The van der Waals surface area contributed by atoms with Crippen LogP contribution in [0.25, 0.3) is 10.9 Å². The van der Waals surface area contributed by atoms with E-state index in [1.165, 1.54) is 28.0 Å². The van der Waals surface area contributed by atoms with E-state index in [0.29, 0.717) is 26.6 Å². The zero-order chi connectivity index (χ0) is 18.8. The first-order valence-corrected chi connectivity index (χ1v) is 10.4. The van der Waals surface area contributed by atoms with E-state index < -0.39 is 0 Å². The number of H-pyrrole nitrogens is 1. The van der Waals surface area contributed by atoms with Crippen molar-refractivity contribution < 1.29 is 4.79 Å². The maximum atomic E-state index is 12.4. The van der Waals surface area contributed by atoms with Crippen LogP contribution in [0.2, 0.25) is 0 Å². The Bertz CT molecular complexity index is 1130. The number of nitriles is 1. The number of hydrogen-bond acceptors (Lipinski definition) is 6. The van der Waals surface area contributed by atoms with Gasteiger partial charge in [0.15, 0.2) is 5.16 Å². The van der Waals surface area contributed by atoms with E-state index in [-0.39, 0.29) is 17.2 Å². The molecule has 0 fully saturated rings. The van der Waals surface area contributed by atoms with E-state index in [0.717, 1.165) is 31.2 Å². The molecule has 136 valence electrons. The summed E-state index contributed by atoms with van der Waals surface area (Å²) in [6.45, 7) is 0. The summed E-state index contributed by atoms with van der Waals surface area (Å²) in [5, 5.41) is 13.9. The molecule has 0 aliphatic heterocycles. The second kappa shape index (κ2) is 7.55. The first-order chi connectivity index (χ1) is 13.2. The van der Waals surface area contributed by atoms with Crippen molar-refractivity contribution in [2.75, 3.05) is 11.1 Å². The van der Waals surface area contributed by atoms with Crippen molar-refractivity contribution in [1.29, 1.82) is 5.26 Å². The summed E-state index contributed by atoms with van der Waals surface area (Å²) in [4.78, 5) is 32.7. The van der Waals surface area contributed by atoms with Crippen LogP contribution in [0.3, 0.4) is 0 Å². The van der Waals surface area contributed by atoms with Crippen molar-refractivity contribution >= 4 is 44.9 Å². The minimum Gasteiger partial charge on any atom is -0.316 e. The molecule has 1 aliphatic rings. The van der Waals surface area contributed by atoms with E-state index in [9.17, 15) is 14.9 Å². The lowest BCUT2D eigenvalue weighted by Gasteiger charge is -2.09. The number of carbonyl (C=O) groups excluding carboxylic acids is 1. The molecule has 3 aromatic rings. The lowest BCUT2D eigenvalue weighted by Crippen LogP contribution is -2.15. The molecule has 1 aromatic carbocycles. The van der Waals surface area contributed by atoms with Crippen LogP contribution in [0, 0.1) is 11.3 Å². The molecular formula is C19H16N4O2S2. The van der Waals surface area contributed by atoms with Gasteiger partial charge in [0.25, 0.3) is 5.56 Å². The molecular weight excluding hydrogens is 380 g/mol. The zero-order valence-electron chi connectivity index (χ0n) is 14.4. The fourth-order valence-electron chi connectivity index (χ4n) is 3.20. The normalized spacial score (nSPS) is 13.1. The summed E-state index contributed by atoms with van der Waals surface area (Å²) < 4.78 is 0. The number of rotatable bonds is 4. The molecule has 1 amide bonds. The van der Waals surface area contributed by atoms with Gasteiger partial charge in [-0.2, -0.15) is 5.26 Å². The highest BCUT2D eigenvalue weighted by Gasteiger charge is 2.21. The highest BCUT2D eigenvalue weighted by atomic mass is 32.2. The Hall–Kier alpha value is -2.63. The summed E-state index contributed by atoms with van der Waals surface area (Å²) in [5.41, 5.74) is 2.07. The average Bonchev–Trinajstić information content (AvgIpc) is 3.03. The van der Waals surface area contributed by atoms with Gasteiger partial charge in [-0.1, -0.05) is 23.9 Å². The number of para-hydroxylation sites is 1. The maximum Gasteiger partial charge on any atom is 0.259 e. The number of amides is 1. The second-order valence-electron chi connectivity index (χ2n) is 6.25. The minimum absolute atomic E-state index is 0.106. The van der Waals surface area contributed by atoms with Crippen molar-refractivity contribution in [3.63, 3.8) is 0 Å². The monoisotopic (exact) mass is 396 g/mol. The number of aromatic amines is 1. The minimum atomic E-state index is -0.221. The quantitative estimate of drug-likeness (QED) is 0.520. The van der Waals surface area contributed by atoms with Crippen molar-refractivity contribution in [1.82, 2.24) is 9.97 Å². The third-order valence-corrected chi connectivity index (χ3v) is 6.55. The summed E-state index contributed by atoms with van der Waals surface area (Å²) in [7, 11) is 0. The molecule has 27 heavy (non-hydrogen) atoms. The van der Waals surface area contributed by atoms with Crippen LogP contribution < -0.4 is 10.9 Å². The standard InChI is InChI=1S/C19H16N4O2S2/c20-9-13-11-5-2-4-8-15(11)27-18(13)22-16(24)10-26-19-21-14-7-3-1-6-12(14)17(25)23-19/h1,3,6-7H,2,4-5,8,10H2,(H,22,24)(H,21,23,25). The van der Waals surface area contributed by atoms with Gasteiger partial charge in [-0.15, -0.1) is 11.3 Å². The van der Waals surface area contributed by atoms with Gasteiger partial charge < -0.3 is 10.3 Å². The summed E-state index contributed by atoms with van der Waals surface area (Å²) in [6.07, 6.45) is 4.09. The molecule has 0 radical (unpaired) electrons. The average molecular weight is 396 g/mol. The number of aromatic nitrogens is 2. The van der Waals surface area contributed by atoms with Crippen molar-refractivity contribution in [2.24, 2.45) is 0 Å². The van der Waals surface area contributed by atoms with Crippen molar-refractivity contribution in [3.05, 3.63) is 50.6 Å². The second-order valence-corrected chi connectivity index (χ2v) is 8.32. The van der Waals surface area contributed by atoms with Crippen LogP contribution in [-0.4, -0.2) is 21.6 Å². The molecule has 1 aliphatic carbocycles. The number of benzene rings is 1. The largest absolute Gasteiger partial charge is 0.316 e. The Labute approximate surface area is 163 Å². The highest BCUT2D eigenvalue weighted by molar-refractivity contribution is 7.99. The van der Waals surface area contributed by atoms with Gasteiger partial charge in [0.05, 0.1) is 22.2 Å². The number of nitrogens with one attached hydrogen (secondary N) is 2. The third-order valence-electron chi connectivity index (χ3n) is 4.47. The van der Waals surface area contributed by atoms with Crippen LogP contribution in [0.5, 0.6) is 0 Å². The van der Waals surface area contributed by atoms with Crippen LogP contribution in [0.15, 0.2) is 34.2 Å². The first kappa shape index (κ1) is 17.8. The van der Waals surface area contributed by atoms with Gasteiger partial charge in [-0.05, 0) is 43.4 Å². The number of aryl methyl sites for hydroxylation is 1. The molecule has 0 saturated heterocycles. The molecule has 4 rings (SSSR count). The zero-order valence-corrected chi connectivity index (χ0v) is 16.0. The fourth-order valence-corrected chi connectivity index (χ4v) is 5.13. The number of thiophene rings is 1. The molecule has 0 saturated carbocycles. The molecule has 0 unspecified atom stereocenters. The fraction of sp³-hybridized carbons (Fsp3) is 0.263. The number of anilines is 1. The van der Waals surface area contributed by atoms with E-state index >= 15 is 0 Å². The summed E-state index contributed by atoms with van der Waals surface area (Å²) in [6, 6.07) is 9.32. The molecule has 2 N–H and O–H groups in total. The number of hydrogen-bond donors (Lipinski definition) is 2. The van der Waals surface area contributed by atoms with Gasteiger partial charge >= 0.3 is 0 Å². The van der Waals surface area contributed by atoms with Gasteiger partial charge in [-0.25, -0.2) is 4.98 Å². The Morgan fingerprint density at radius 1 is 1.33 bits per heavy atom. The summed E-state index contributed by atoms with van der Waals surface area (Å²) >= 11 is 2.67. The van der Waals surface area contributed by atoms with Gasteiger partial charge in [0, 0.05) is 4.88 Å². The Morgan fingerprint density at radius 2 is 2.15 bits per heavy atom. The lowest BCUT2D eigenvalue weighted by molar-refractivity contribution is -0.113. The number of thioether (sulfide) groups is 1. The van der Waals surface area contributed by atoms with Crippen molar-refractivity contribution in [3.8, 4) is 6.07 Å². The molecule has 0 bridgehead atoms. The molecule has 0 atom stereocenters. The molecule has 2 heterocycles. The topological polar surface area (TPSA) is 98.6 Å². The van der Waals surface area contributed by atoms with Crippen LogP contribution in [0.4, 0.5) is 5.00 Å². The molecule has 2 aromatic heterocycles. The first-order valence-electron chi connectivity index (χ1n) is 8.62. The summed E-state index contributed by atoms with van der Waals surface area (Å²) in [5.74, 6) is -0.111. The predicted octanol–water partition coefficient (Wildman–Crippen LogP) is 3.47. The Kier molecular flexibility index (Phi) is 4.97. The van der Waals surface area contributed by atoms with Crippen LogP contribution in [-0.2, 0) is 17.6 Å². The SMILES string of the molecule is N#Cc1c(NC(=O)CSc2nc3ccccc3c(=O)[nH]2)sc2c1CCCC2. The van der Waals surface area contributed by atoms with E-state index in [1.54, 1.807) is 18.2 Å². The van der Waals surface area contributed by atoms with Gasteiger partial charge in [0.2, 0.25) is 5.91 Å². The number of carbonyl (C=O) groups is 1. The van der Waals surface area contributed by atoms with Crippen LogP contribution in [0.1, 0.15) is 28.8 Å². The smallest absolute Gasteiger partial charge is 0.259 e. The Morgan fingerprint density at radius 3 is 3.00 bits per heavy atom. The van der Waals surface area contributed by atoms with Gasteiger partial charge in [-0.3, -0.25) is 9.59 Å². The van der Waals surface area contributed by atoms with E-state index in [4.69, 9.17) is 0 Å². The van der Waals surface area contributed by atoms with Gasteiger partial charge in [0.1, 0.15) is 11.1 Å². The third kappa shape index (κ3) is 3.61. The molecule has 8 heteroatoms. The maximum absolute atomic E-state index is 12.4.